The van der Waals surface area contributed by atoms with Crippen LogP contribution in [0.2, 0.25) is 0 Å². The van der Waals surface area contributed by atoms with E-state index >= 15 is 0 Å². The summed E-state index contributed by atoms with van der Waals surface area (Å²) in [5.41, 5.74) is 9.23. The van der Waals surface area contributed by atoms with Crippen LogP contribution in [0.25, 0.3) is 5.57 Å². The summed E-state index contributed by atoms with van der Waals surface area (Å²) in [7, 11) is 0. The predicted molar refractivity (Wildman–Crippen MR) is 61.1 cm³/mol. The van der Waals surface area contributed by atoms with Gasteiger partial charge >= 0.3 is 5.97 Å². The maximum atomic E-state index is 10.7. The number of fused-ring (bicyclic) bond motifs is 1. The molecule has 1 aliphatic heterocycles. The predicted octanol–water partition coefficient (Wildman–Crippen LogP) is 1.47. The van der Waals surface area contributed by atoms with Gasteiger partial charge in [-0.15, -0.1) is 0 Å². The van der Waals surface area contributed by atoms with Crippen molar-refractivity contribution in [2.24, 2.45) is 5.73 Å². The van der Waals surface area contributed by atoms with Crippen LogP contribution in [0, 0.1) is 0 Å². The average Bonchev–Trinajstić information content (AvgIpc) is 2.55. The van der Waals surface area contributed by atoms with Gasteiger partial charge in [-0.2, -0.15) is 0 Å². The third-order valence-corrected chi connectivity index (χ3v) is 2.70. The number of rotatable bonds is 3. The zero-order valence-corrected chi connectivity index (χ0v) is 8.97. The number of nitrogens with two attached hydrogens (primary N) is 1. The summed E-state index contributed by atoms with van der Waals surface area (Å²) in [6, 6.07) is 6.82. The summed E-state index contributed by atoms with van der Waals surface area (Å²) in [5, 5.41) is 13.2. The largest absolute Gasteiger partial charge is 0.480 e. The first-order valence-corrected chi connectivity index (χ1v) is 5.09. The number of benzene rings is 1. The lowest BCUT2D eigenvalue weighted by Crippen LogP contribution is -2.30. The molecule has 4 nitrogen and oxygen atoms in total. The number of carboxylic acids is 1. The third-order valence-electron chi connectivity index (χ3n) is 2.70. The maximum absolute atomic E-state index is 10.7. The van der Waals surface area contributed by atoms with E-state index in [9.17, 15) is 4.79 Å². The molecule has 0 saturated carbocycles. The van der Waals surface area contributed by atoms with Crippen molar-refractivity contribution in [3.05, 3.63) is 35.5 Å². The minimum absolute atomic E-state index is 0.321. The molecule has 83 valence electrons. The highest BCUT2D eigenvalue weighted by atomic mass is 16.4. The second-order valence-corrected chi connectivity index (χ2v) is 3.84. The third kappa shape index (κ3) is 1.79. The second-order valence-electron chi connectivity index (χ2n) is 3.84. The Morgan fingerprint density at radius 2 is 2.19 bits per heavy atom. The van der Waals surface area contributed by atoms with Gasteiger partial charge in [0.25, 0.3) is 0 Å². The molecule has 0 unspecified atom stereocenters. The van der Waals surface area contributed by atoms with Crippen molar-refractivity contribution in [1.29, 1.82) is 0 Å². The molecular weight excluding hydrogens is 204 g/mol. The van der Waals surface area contributed by atoms with Crippen molar-refractivity contribution in [2.45, 2.75) is 19.4 Å². The topological polar surface area (TPSA) is 77.4 Å². The summed E-state index contributed by atoms with van der Waals surface area (Å²) in [4.78, 5) is 10.7. The summed E-state index contributed by atoms with van der Waals surface area (Å²) in [6.45, 7) is 1.88. The van der Waals surface area contributed by atoms with Gasteiger partial charge < -0.3 is 10.8 Å². The van der Waals surface area contributed by atoms with Gasteiger partial charge in [0.05, 0.1) is 5.69 Å². The molecule has 0 fully saturated rings. The molecule has 1 heterocycles. The highest BCUT2D eigenvalue weighted by Gasteiger charge is 2.23. The number of hydrogen-bond acceptors (Lipinski definition) is 2. The highest BCUT2D eigenvalue weighted by Crippen LogP contribution is 2.36. The quantitative estimate of drug-likeness (QED) is 0.804. The molecule has 0 aromatic heterocycles. The van der Waals surface area contributed by atoms with E-state index in [0.29, 0.717) is 6.42 Å². The van der Waals surface area contributed by atoms with Gasteiger partial charge in [-0.05, 0) is 18.6 Å². The lowest BCUT2D eigenvalue weighted by molar-refractivity contribution is -0.138. The van der Waals surface area contributed by atoms with E-state index in [-0.39, 0.29) is 0 Å². The van der Waals surface area contributed by atoms with E-state index < -0.39 is 12.0 Å². The summed E-state index contributed by atoms with van der Waals surface area (Å²) >= 11 is 0. The van der Waals surface area contributed by atoms with Gasteiger partial charge in [0.2, 0.25) is 0 Å². The van der Waals surface area contributed by atoms with E-state index in [1.54, 1.807) is 0 Å². The van der Waals surface area contributed by atoms with Crippen LogP contribution in [0.1, 0.15) is 18.9 Å². The molecule has 16 heavy (non-hydrogen) atoms. The first-order chi connectivity index (χ1) is 7.59. The van der Waals surface area contributed by atoms with Gasteiger partial charge in [-0.1, -0.05) is 18.2 Å². The van der Waals surface area contributed by atoms with Crippen LogP contribution in [0.4, 0.5) is 5.69 Å². The number of para-hydroxylation sites is 1. The molecule has 4 heteroatoms. The van der Waals surface area contributed by atoms with Gasteiger partial charge in [0, 0.05) is 17.7 Å². The first kappa shape index (κ1) is 10.7. The van der Waals surface area contributed by atoms with Crippen LogP contribution in [0.5, 0.6) is 0 Å². The standard InChI is InChI=1S/C12H13N2O2/c1-7-9(6-10(13)12(15)16)8-4-2-3-5-11(8)14-7/h2-5,10H,6,13H2,1H3,(H,15,16)/t10-/m1/s1. The number of nitrogens with zero attached hydrogens (tertiary/aromatic N) is 1. The molecule has 1 aliphatic rings. The lowest BCUT2D eigenvalue weighted by Gasteiger charge is -2.08. The van der Waals surface area contributed by atoms with Crippen LogP contribution < -0.4 is 11.1 Å². The molecule has 0 aliphatic carbocycles. The number of hydrogen-bond donors (Lipinski definition) is 2. The van der Waals surface area contributed by atoms with Crippen molar-refractivity contribution >= 4 is 17.2 Å². The summed E-state index contributed by atoms with van der Waals surface area (Å²) in [6.07, 6.45) is 0.321. The SMILES string of the molecule is CC1=C(C[C@@H](N)C(=O)O)c2ccccc2[N]1. The van der Waals surface area contributed by atoms with Crippen LogP contribution in [0.15, 0.2) is 30.0 Å². The molecule has 1 radical (unpaired) electrons. The minimum Gasteiger partial charge on any atom is -0.480 e. The fourth-order valence-electron chi connectivity index (χ4n) is 1.83. The van der Waals surface area contributed by atoms with E-state index in [4.69, 9.17) is 10.8 Å². The molecule has 0 spiro atoms. The number of carbonyl (C=O) groups is 1. The van der Waals surface area contributed by atoms with Crippen LogP contribution in [-0.2, 0) is 4.79 Å². The van der Waals surface area contributed by atoms with Gasteiger partial charge in [0.15, 0.2) is 0 Å². The molecule has 1 aromatic carbocycles. The molecule has 1 atom stereocenters. The average molecular weight is 217 g/mol. The Morgan fingerprint density at radius 1 is 1.50 bits per heavy atom. The Hall–Kier alpha value is -1.81. The fourth-order valence-corrected chi connectivity index (χ4v) is 1.83. The Morgan fingerprint density at radius 3 is 2.88 bits per heavy atom. The van der Waals surface area contributed by atoms with Crippen molar-refractivity contribution in [1.82, 2.24) is 5.32 Å². The van der Waals surface area contributed by atoms with Gasteiger partial charge in [-0.25, -0.2) is 0 Å². The maximum Gasteiger partial charge on any atom is 0.320 e. The summed E-state index contributed by atoms with van der Waals surface area (Å²) < 4.78 is 0. The van der Waals surface area contributed by atoms with E-state index in [2.05, 4.69) is 5.32 Å². The number of allylic oxidation sites excluding steroid dienone is 1. The smallest absolute Gasteiger partial charge is 0.320 e. The van der Waals surface area contributed by atoms with Crippen molar-refractivity contribution in [3.8, 4) is 0 Å². The highest BCUT2D eigenvalue weighted by molar-refractivity contribution is 5.85. The van der Waals surface area contributed by atoms with E-state index in [1.807, 2.05) is 31.2 Å². The van der Waals surface area contributed by atoms with E-state index in [0.717, 1.165) is 22.5 Å². The Bertz CT molecular complexity index is 466. The Kier molecular flexibility index (Phi) is 2.66. The molecular formula is C12H13N2O2. The van der Waals surface area contributed by atoms with Crippen LogP contribution in [0.3, 0.4) is 0 Å². The molecule has 1 aromatic rings. The van der Waals surface area contributed by atoms with Crippen molar-refractivity contribution < 1.29 is 9.90 Å². The number of carboxylic acid groups (broad SMARTS) is 1. The van der Waals surface area contributed by atoms with Gasteiger partial charge in [-0.3, -0.25) is 10.1 Å². The van der Waals surface area contributed by atoms with Gasteiger partial charge in [0.1, 0.15) is 6.04 Å². The monoisotopic (exact) mass is 217 g/mol. The molecule has 0 bridgehead atoms. The van der Waals surface area contributed by atoms with Crippen LogP contribution >= 0.6 is 0 Å². The first-order valence-electron chi connectivity index (χ1n) is 5.09. The molecule has 0 saturated heterocycles. The zero-order chi connectivity index (χ0) is 11.7. The molecule has 0 amide bonds. The zero-order valence-electron chi connectivity index (χ0n) is 8.97. The van der Waals surface area contributed by atoms with Crippen LogP contribution in [-0.4, -0.2) is 17.1 Å². The summed E-state index contributed by atoms with van der Waals surface area (Å²) in [5.74, 6) is -0.982. The normalized spacial score (nSPS) is 15.6. The minimum atomic E-state index is -0.982. The fraction of sp³-hybridized carbons (Fsp3) is 0.250. The molecule has 2 rings (SSSR count). The molecule has 3 N–H and O–H groups in total. The number of aliphatic carboxylic acids is 1. The second kappa shape index (κ2) is 3.98. The lowest BCUT2D eigenvalue weighted by atomic mass is 9.99. The van der Waals surface area contributed by atoms with Crippen molar-refractivity contribution in [2.75, 3.05) is 0 Å². The van der Waals surface area contributed by atoms with Crippen molar-refractivity contribution in [3.63, 3.8) is 0 Å². The Labute approximate surface area is 93.8 Å². The Balaban J connectivity index is 2.28. The van der Waals surface area contributed by atoms with E-state index in [1.165, 1.54) is 0 Å².